The summed E-state index contributed by atoms with van der Waals surface area (Å²) in [5, 5.41) is 22.3. The van der Waals surface area contributed by atoms with Gasteiger partial charge in [-0.1, -0.05) is 37.3 Å². The number of phenolic OH excluding ortho intramolecular Hbond substituents is 1. The van der Waals surface area contributed by atoms with Gasteiger partial charge in [-0.05, 0) is 30.2 Å². The van der Waals surface area contributed by atoms with Crippen LogP contribution in [0.4, 0.5) is 0 Å². The van der Waals surface area contributed by atoms with E-state index < -0.39 is 17.3 Å². The number of rotatable bonds is 7. The van der Waals surface area contributed by atoms with Crippen molar-refractivity contribution in [3.8, 4) is 11.5 Å². The molecule has 0 aromatic heterocycles. The summed E-state index contributed by atoms with van der Waals surface area (Å²) < 4.78 is 5.05. The number of ether oxygens (including phenoxy) is 1. The Bertz CT molecular complexity index is 760. The van der Waals surface area contributed by atoms with E-state index >= 15 is 0 Å². The van der Waals surface area contributed by atoms with Gasteiger partial charge in [0.05, 0.1) is 12.7 Å². The smallest absolute Gasteiger partial charge is 0.315 e. The first-order valence-corrected chi connectivity index (χ1v) is 7.88. The molecule has 25 heavy (non-hydrogen) atoms. The first-order valence-electron chi connectivity index (χ1n) is 7.88. The van der Waals surface area contributed by atoms with Crippen LogP contribution >= 0.6 is 0 Å². The molecule has 0 saturated heterocycles. The quantitative estimate of drug-likeness (QED) is 0.718. The number of carbonyl (C=O) groups excluding carboxylic acids is 1. The van der Waals surface area contributed by atoms with Crippen LogP contribution in [-0.4, -0.2) is 35.7 Å². The largest absolute Gasteiger partial charge is 0.507 e. The Morgan fingerprint density at radius 1 is 1.16 bits per heavy atom. The molecule has 0 fully saturated rings. The van der Waals surface area contributed by atoms with E-state index in [9.17, 15) is 19.8 Å². The lowest BCUT2D eigenvalue weighted by Crippen LogP contribution is -2.46. The summed E-state index contributed by atoms with van der Waals surface area (Å²) in [6.07, 6.45) is 0.302. The molecule has 1 amide bonds. The number of hydrogen-bond donors (Lipinski definition) is 3. The number of amides is 1. The minimum atomic E-state index is -1.24. The number of methoxy groups -OCH3 is 1. The number of carboxylic acid groups (broad SMARTS) is 1. The van der Waals surface area contributed by atoms with Crippen LogP contribution in [0.3, 0.4) is 0 Å². The van der Waals surface area contributed by atoms with Crippen molar-refractivity contribution in [2.45, 2.75) is 18.8 Å². The van der Waals surface area contributed by atoms with Crippen LogP contribution in [-0.2, 0) is 10.2 Å². The maximum absolute atomic E-state index is 12.4. The summed E-state index contributed by atoms with van der Waals surface area (Å²) in [5.41, 5.74) is -0.603. The molecule has 3 N–H and O–H groups in total. The predicted molar refractivity (Wildman–Crippen MR) is 93.0 cm³/mol. The Hall–Kier alpha value is -3.02. The lowest BCUT2D eigenvalue weighted by Gasteiger charge is -2.29. The first kappa shape index (κ1) is 18.3. The van der Waals surface area contributed by atoms with Gasteiger partial charge in [0, 0.05) is 6.54 Å². The monoisotopic (exact) mass is 343 g/mol. The molecule has 2 aromatic rings. The highest BCUT2D eigenvalue weighted by atomic mass is 16.5. The van der Waals surface area contributed by atoms with Crippen LogP contribution < -0.4 is 10.1 Å². The Morgan fingerprint density at radius 3 is 2.40 bits per heavy atom. The molecule has 1 unspecified atom stereocenters. The fourth-order valence-electron chi connectivity index (χ4n) is 2.69. The molecule has 2 rings (SSSR count). The SMILES string of the molecule is CCC(CNC(=O)c1cc(OC)ccc1O)(C(=O)O)c1ccccc1. The van der Waals surface area contributed by atoms with Crippen LogP contribution in [0.25, 0.3) is 0 Å². The molecule has 0 aliphatic heterocycles. The third kappa shape index (κ3) is 3.74. The average molecular weight is 343 g/mol. The van der Waals surface area contributed by atoms with Crippen molar-refractivity contribution in [1.82, 2.24) is 5.32 Å². The third-order valence-corrected chi connectivity index (χ3v) is 4.34. The van der Waals surface area contributed by atoms with Gasteiger partial charge in [-0.25, -0.2) is 0 Å². The van der Waals surface area contributed by atoms with Crippen molar-refractivity contribution in [2.75, 3.05) is 13.7 Å². The zero-order valence-electron chi connectivity index (χ0n) is 14.2. The fourth-order valence-corrected chi connectivity index (χ4v) is 2.69. The van der Waals surface area contributed by atoms with E-state index in [1.165, 1.54) is 25.3 Å². The normalized spacial score (nSPS) is 12.9. The molecule has 0 aliphatic rings. The van der Waals surface area contributed by atoms with Crippen molar-refractivity contribution < 1.29 is 24.5 Å². The molecule has 1 atom stereocenters. The van der Waals surface area contributed by atoms with Crippen LogP contribution in [0.1, 0.15) is 29.3 Å². The van der Waals surface area contributed by atoms with E-state index in [1.807, 2.05) is 0 Å². The molecule has 2 aromatic carbocycles. The van der Waals surface area contributed by atoms with Crippen molar-refractivity contribution >= 4 is 11.9 Å². The number of phenols is 1. The molecule has 0 radical (unpaired) electrons. The number of aliphatic carboxylic acids is 1. The molecular weight excluding hydrogens is 322 g/mol. The number of carbonyl (C=O) groups is 2. The first-order chi connectivity index (χ1) is 11.9. The van der Waals surface area contributed by atoms with Gasteiger partial charge >= 0.3 is 5.97 Å². The molecule has 132 valence electrons. The number of carboxylic acids is 1. The third-order valence-electron chi connectivity index (χ3n) is 4.34. The van der Waals surface area contributed by atoms with Crippen LogP contribution in [0.5, 0.6) is 11.5 Å². The minimum absolute atomic E-state index is 0.0304. The number of hydrogen-bond acceptors (Lipinski definition) is 4. The molecule has 0 saturated carbocycles. The van der Waals surface area contributed by atoms with Gasteiger partial charge in [-0.15, -0.1) is 0 Å². The van der Waals surface area contributed by atoms with Gasteiger partial charge in [0.15, 0.2) is 0 Å². The van der Waals surface area contributed by atoms with Crippen molar-refractivity contribution in [2.24, 2.45) is 0 Å². The van der Waals surface area contributed by atoms with Crippen molar-refractivity contribution in [3.63, 3.8) is 0 Å². The maximum atomic E-state index is 12.4. The topological polar surface area (TPSA) is 95.9 Å². The van der Waals surface area contributed by atoms with E-state index in [4.69, 9.17) is 4.74 Å². The molecule has 6 nitrogen and oxygen atoms in total. The Labute approximate surface area is 146 Å². The number of aromatic hydroxyl groups is 1. The van der Waals surface area contributed by atoms with Crippen LogP contribution in [0.15, 0.2) is 48.5 Å². The fraction of sp³-hybridized carbons (Fsp3) is 0.263. The van der Waals surface area contributed by atoms with E-state index in [2.05, 4.69) is 5.32 Å². The zero-order chi connectivity index (χ0) is 18.4. The molecule has 0 spiro atoms. The van der Waals surface area contributed by atoms with Crippen molar-refractivity contribution in [1.29, 1.82) is 0 Å². The molecule has 6 heteroatoms. The van der Waals surface area contributed by atoms with Gasteiger partial charge in [-0.2, -0.15) is 0 Å². The van der Waals surface area contributed by atoms with Gasteiger partial charge in [0.1, 0.15) is 16.9 Å². The summed E-state index contributed by atoms with van der Waals surface area (Å²) in [5.74, 6) is -1.36. The summed E-state index contributed by atoms with van der Waals surface area (Å²) in [4.78, 5) is 24.4. The Balaban J connectivity index is 2.27. The lowest BCUT2D eigenvalue weighted by atomic mass is 9.78. The summed E-state index contributed by atoms with van der Waals surface area (Å²) >= 11 is 0. The van der Waals surface area contributed by atoms with Gasteiger partial charge in [0.2, 0.25) is 0 Å². The Kier molecular flexibility index (Phi) is 5.64. The van der Waals surface area contributed by atoms with Gasteiger partial charge in [0.25, 0.3) is 5.91 Å². The standard InChI is InChI=1S/C19H21NO5/c1-3-19(18(23)24,13-7-5-4-6-8-13)12-20-17(22)15-11-14(25-2)9-10-16(15)21/h4-11,21H,3,12H2,1-2H3,(H,20,22)(H,23,24). The van der Waals surface area contributed by atoms with E-state index in [0.29, 0.717) is 17.7 Å². The van der Waals surface area contributed by atoms with E-state index in [1.54, 1.807) is 37.3 Å². The van der Waals surface area contributed by atoms with Gasteiger partial charge in [-0.3, -0.25) is 9.59 Å². The van der Waals surface area contributed by atoms with Gasteiger partial charge < -0.3 is 20.3 Å². The van der Waals surface area contributed by atoms with Crippen molar-refractivity contribution in [3.05, 3.63) is 59.7 Å². The molecule has 0 aliphatic carbocycles. The maximum Gasteiger partial charge on any atom is 0.315 e. The highest BCUT2D eigenvalue weighted by Crippen LogP contribution is 2.28. The second kappa shape index (κ2) is 7.70. The van der Waals surface area contributed by atoms with Crippen LogP contribution in [0, 0.1) is 0 Å². The molecular formula is C19H21NO5. The zero-order valence-corrected chi connectivity index (χ0v) is 14.2. The van der Waals surface area contributed by atoms with Crippen LogP contribution in [0.2, 0.25) is 0 Å². The summed E-state index contributed by atoms with van der Waals surface area (Å²) in [7, 11) is 1.45. The molecule has 0 heterocycles. The Morgan fingerprint density at radius 2 is 1.84 bits per heavy atom. The number of benzene rings is 2. The summed E-state index contributed by atoms with van der Waals surface area (Å²) in [6, 6.07) is 13.1. The molecule has 0 bridgehead atoms. The minimum Gasteiger partial charge on any atom is -0.507 e. The second-order valence-electron chi connectivity index (χ2n) is 5.67. The lowest BCUT2D eigenvalue weighted by molar-refractivity contribution is -0.143. The highest BCUT2D eigenvalue weighted by molar-refractivity contribution is 5.97. The van der Waals surface area contributed by atoms with E-state index in [-0.39, 0.29) is 17.9 Å². The average Bonchev–Trinajstić information content (AvgIpc) is 2.63. The summed E-state index contributed by atoms with van der Waals surface area (Å²) in [6.45, 7) is 1.66. The van der Waals surface area contributed by atoms with E-state index in [0.717, 1.165) is 0 Å². The highest BCUT2D eigenvalue weighted by Gasteiger charge is 2.39. The second-order valence-corrected chi connectivity index (χ2v) is 5.67. The number of nitrogens with one attached hydrogen (secondary N) is 1. The predicted octanol–water partition coefficient (Wildman–Crippen LogP) is 2.56.